The highest BCUT2D eigenvalue weighted by Crippen LogP contribution is 2.52. The van der Waals surface area contributed by atoms with Gasteiger partial charge in [0.05, 0.1) is 4.90 Å². The van der Waals surface area contributed by atoms with Crippen molar-refractivity contribution in [2.24, 2.45) is 5.92 Å². The van der Waals surface area contributed by atoms with Gasteiger partial charge in [0.1, 0.15) is 5.75 Å². The summed E-state index contributed by atoms with van der Waals surface area (Å²) in [5, 5.41) is 2.47. The van der Waals surface area contributed by atoms with Crippen molar-refractivity contribution in [3.8, 4) is 5.75 Å². The van der Waals surface area contributed by atoms with Crippen molar-refractivity contribution in [3.63, 3.8) is 0 Å². The number of thioether (sulfide) groups is 1. The highest BCUT2D eigenvalue weighted by Gasteiger charge is 2.39. The van der Waals surface area contributed by atoms with Crippen LogP contribution in [0.2, 0.25) is 0 Å². The zero-order chi connectivity index (χ0) is 12.0. The Morgan fingerprint density at radius 1 is 1.12 bits per heavy atom. The lowest BCUT2D eigenvalue weighted by Gasteiger charge is -2.27. The van der Waals surface area contributed by atoms with Crippen molar-refractivity contribution in [1.29, 1.82) is 0 Å². The zero-order valence-corrected chi connectivity index (χ0v) is 11.2. The third-order valence-corrected chi connectivity index (χ3v) is 5.01. The number of rotatable bonds is 1. The van der Waals surface area contributed by atoms with Gasteiger partial charge in [-0.05, 0) is 18.4 Å². The molecule has 0 aromatic heterocycles. The maximum Gasteiger partial charge on any atom is 0.158 e. The molecule has 1 aliphatic heterocycles. The molecule has 0 saturated carbocycles. The Kier molecular flexibility index (Phi) is 2.37. The molecule has 0 spiro atoms. The summed E-state index contributed by atoms with van der Waals surface area (Å²) in [6.07, 6.45) is 0. The van der Waals surface area contributed by atoms with Crippen molar-refractivity contribution in [2.75, 3.05) is 0 Å². The van der Waals surface area contributed by atoms with E-state index in [2.05, 4.69) is 57.2 Å². The number of hydrogen-bond donors (Lipinski definition) is 0. The summed E-state index contributed by atoms with van der Waals surface area (Å²) in [6.45, 7) is 6.60. The van der Waals surface area contributed by atoms with E-state index >= 15 is 0 Å². The number of ether oxygens (including phenoxy) is 1. The number of benzene rings is 2. The minimum absolute atomic E-state index is 0.132. The fraction of sp³-hybridized carbons (Fsp3) is 0.333. The average molecular weight is 244 g/mol. The van der Waals surface area contributed by atoms with E-state index in [1.807, 2.05) is 11.8 Å². The summed E-state index contributed by atoms with van der Waals surface area (Å²) in [4.78, 5) is 1.13. The summed E-state index contributed by atoms with van der Waals surface area (Å²) in [7, 11) is 0. The Morgan fingerprint density at radius 3 is 2.65 bits per heavy atom. The molecule has 2 heteroatoms. The van der Waals surface area contributed by atoms with E-state index in [0.29, 0.717) is 5.92 Å². The third kappa shape index (κ3) is 1.62. The highest BCUT2D eigenvalue weighted by atomic mass is 32.2. The van der Waals surface area contributed by atoms with Crippen LogP contribution in [0.1, 0.15) is 20.8 Å². The fourth-order valence-electron chi connectivity index (χ4n) is 2.09. The first-order valence-corrected chi connectivity index (χ1v) is 6.81. The van der Waals surface area contributed by atoms with Crippen LogP contribution in [-0.4, -0.2) is 4.93 Å². The van der Waals surface area contributed by atoms with E-state index in [1.165, 1.54) is 15.7 Å². The van der Waals surface area contributed by atoms with Gasteiger partial charge in [0.2, 0.25) is 0 Å². The minimum Gasteiger partial charge on any atom is -0.474 e. The van der Waals surface area contributed by atoms with Crippen molar-refractivity contribution in [1.82, 2.24) is 0 Å². The molecule has 2 aromatic carbocycles. The largest absolute Gasteiger partial charge is 0.474 e. The highest BCUT2D eigenvalue weighted by molar-refractivity contribution is 8.00. The van der Waals surface area contributed by atoms with E-state index in [4.69, 9.17) is 4.74 Å². The molecule has 88 valence electrons. The predicted octanol–water partition coefficient (Wildman–Crippen LogP) is 4.70. The van der Waals surface area contributed by atoms with E-state index in [1.54, 1.807) is 0 Å². The van der Waals surface area contributed by atoms with E-state index in [9.17, 15) is 0 Å². The first-order valence-electron chi connectivity index (χ1n) is 6.00. The first kappa shape index (κ1) is 11.0. The van der Waals surface area contributed by atoms with Gasteiger partial charge >= 0.3 is 0 Å². The van der Waals surface area contributed by atoms with Crippen LogP contribution in [-0.2, 0) is 0 Å². The van der Waals surface area contributed by atoms with Gasteiger partial charge in [0, 0.05) is 11.3 Å². The number of hydrogen-bond acceptors (Lipinski definition) is 2. The number of fused-ring (bicyclic) bond motifs is 3. The third-order valence-electron chi connectivity index (χ3n) is 3.51. The Morgan fingerprint density at radius 2 is 1.88 bits per heavy atom. The van der Waals surface area contributed by atoms with Crippen molar-refractivity contribution >= 4 is 22.5 Å². The van der Waals surface area contributed by atoms with Gasteiger partial charge in [-0.15, -0.1) is 0 Å². The Labute approximate surface area is 106 Å². The Bertz CT molecular complexity index is 576. The maximum atomic E-state index is 6.23. The molecule has 1 heterocycles. The molecule has 1 aliphatic rings. The van der Waals surface area contributed by atoms with Gasteiger partial charge in [0.15, 0.2) is 4.93 Å². The summed E-state index contributed by atoms with van der Waals surface area (Å²) in [5.74, 6) is 1.54. The molecule has 0 N–H and O–H groups in total. The van der Waals surface area contributed by atoms with Crippen LogP contribution in [0, 0.1) is 5.92 Å². The van der Waals surface area contributed by atoms with Crippen molar-refractivity contribution < 1.29 is 4.74 Å². The molecule has 1 atom stereocenters. The molecule has 0 bridgehead atoms. The van der Waals surface area contributed by atoms with Crippen LogP contribution in [0.25, 0.3) is 10.8 Å². The molecule has 0 fully saturated rings. The lowest BCUT2D eigenvalue weighted by Crippen LogP contribution is -2.30. The van der Waals surface area contributed by atoms with Gasteiger partial charge in [-0.25, -0.2) is 0 Å². The molecule has 0 aliphatic carbocycles. The maximum absolute atomic E-state index is 6.23. The molecule has 3 rings (SSSR count). The Hall–Kier alpha value is -1.15. The SMILES string of the molecule is CC(C)C1(C)Oc2c(ccc3ccccc23)S1. The molecule has 0 radical (unpaired) electrons. The second-order valence-electron chi connectivity index (χ2n) is 4.99. The van der Waals surface area contributed by atoms with E-state index in [-0.39, 0.29) is 4.93 Å². The van der Waals surface area contributed by atoms with Crippen molar-refractivity contribution in [3.05, 3.63) is 36.4 Å². The fourth-order valence-corrected chi connectivity index (χ4v) is 3.26. The van der Waals surface area contributed by atoms with Crippen LogP contribution in [0.15, 0.2) is 41.3 Å². The van der Waals surface area contributed by atoms with Crippen LogP contribution < -0.4 is 4.74 Å². The van der Waals surface area contributed by atoms with Gasteiger partial charge in [0.25, 0.3) is 0 Å². The standard InChI is InChI=1S/C15H16OS/c1-10(2)15(3)16-14-12-7-5-4-6-11(12)8-9-13(14)17-15/h4-10H,1-3H3. The van der Waals surface area contributed by atoms with Crippen LogP contribution in [0.5, 0.6) is 5.75 Å². The summed E-state index contributed by atoms with van der Waals surface area (Å²) >= 11 is 1.84. The molecule has 1 unspecified atom stereocenters. The van der Waals surface area contributed by atoms with Crippen molar-refractivity contribution in [2.45, 2.75) is 30.6 Å². The second-order valence-corrected chi connectivity index (χ2v) is 6.44. The van der Waals surface area contributed by atoms with Crippen LogP contribution >= 0.6 is 11.8 Å². The second kappa shape index (κ2) is 3.67. The molecule has 0 amide bonds. The van der Waals surface area contributed by atoms with Gasteiger partial charge in [-0.1, -0.05) is 55.9 Å². The molecular weight excluding hydrogens is 228 g/mol. The summed E-state index contributed by atoms with van der Waals surface area (Å²) in [5.41, 5.74) is 0. The minimum atomic E-state index is -0.132. The smallest absolute Gasteiger partial charge is 0.158 e. The summed E-state index contributed by atoms with van der Waals surface area (Å²) in [6, 6.07) is 12.8. The molecule has 0 saturated heterocycles. The predicted molar refractivity (Wildman–Crippen MR) is 73.7 cm³/mol. The first-order chi connectivity index (χ1) is 8.10. The van der Waals surface area contributed by atoms with E-state index < -0.39 is 0 Å². The molecule has 17 heavy (non-hydrogen) atoms. The topological polar surface area (TPSA) is 9.23 Å². The quantitative estimate of drug-likeness (QED) is 0.719. The average Bonchev–Trinajstić information content (AvgIpc) is 2.67. The van der Waals surface area contributed by atoms with Gasteiger partial charge in [-0.2, -0.15) is 0 Å². The zero-order valence-electron chi connectivity index (χ0n) is 10.4. The van der Waals surface area contributed by atoms with Gasteiger partial charge in [-0.3, -0.25) is 0 Å². The summed E-state index contributed by atoms with van der Waals surface area (Å²) < 4.78 is 6.23. The molecule has 1 nitrogen and oxygen atoms in total. The van der Waals surface area contributed by atoms with E-state index in [0.717, 1.165) is 5.75 Å². The van der Waals surface area contributed by atoms with Crippen LogP contribution in [0.4, 0.5) is 0 Å². The lowest BCUT2D eigenvalue weighted by atomic mass is 10.1. The normalized spacial score (nSPS) is 22.8. The molecule has 2 aromatic rings. The lowest BCUT2D eigenvalue weighted by molar-refractivity contribution is 0.144. The van der Waals surface area contributed by atoms with Crippen LogP contribution in [0.3, 0.4) is 0 Å². The Balaban J connectivity index is 2.17. The monoisotopic (exact) mass is 244 g/mol. The molecular formula is C15H16OS. The van der Waals surface area contributed by atoms with Gasteiger partial charge < -0.3 is 4.74 Å².